The Morgan fingerprint density at radius 2 is 1.72 bits per heavy atom. The van der Waals surface area contributed by atoms with E-state index in [1.165, 1.54) is 11.1 Å². The number of aryl methyl sites for hydroxylation is 1. The summed E-state index contributed by atoms with van der Waals surface area (Å²) >= 11 is 0. The largest absolute Gasteiger partial charge is 0.445 e. The van der Waals surface area contributed by atoms with Crippen LogP contribution in [0.5, 0.6) is 0 Å². The molecule has 1 amide bonds. The standard InChI is InChI=1S/C26H23NO2/c1-20-11-13-21(14-12-20)15-16-25-24-10-6-5-9-23(24)17-18-27(25)26(28)29-19-22-7-3-2-4-8-22/h2-14,25H,17-19H2,1H3/t25-/m0/s1. The van der Waals surface area contributed by atoms with E-state index >= 15 is 0 Å². The van der Waals surface area contributed by atoms with Crippen LogP contribution in [0.3, 0.4) is 0 Å². The van der Waals surface area contributed by atoms with Crippen LogP contribution in [0, 0.1) is 18.8 Å². The summed E-state index contributed by atoms with van der Waals surface area (Å²) in [6.45, 7) is 2.91. The molecule has 1 aliphatic rings. The molecule has 0 aromatic heterocycles. The van der Waals surface area contributed by atoms with Crippen LogP contribution in [-0.2, 0) is 17.8 Å². The topological polar surface area (TPSA) is 29.5 Å². The number of hydrogen-bond acceptors (Lipinski definition) is 2. The Balaban J connectivity index is 1.58. The number of rotatable bonds is 2. The molecule has 29 heavy (non-hydrogen) atoms. The minimum absolute atomic E-state index is 0.260. The number of benzene rings is 3. The first-order valence-corrected chi connectivity index (χ1v) is 9.84. The Kier molecular flexibility index (Phi) is 5.63. The molecular weight excluding hydrogens is 358 g/mol. The molecule has 1 aliphatic heterocycles. The van der Waals surface area contributed by atoms with E-state index in [1.807, 2.05) is 66.7 Å². The molecule has 0 radical (unpaired) electrons. The van der Waals surface area contributed by atoms with Crippen molar-refractivity contribution >= 4 is 6.09 Å². The summed E-state index contributed by atoms with van der Waals surface area (Å²) in [5.41, 5.74) is 5.43. The fourth-order valence-electron chi connectivity index (χ4n) is 3.51. The van der Waals surface area contributed by atoms with Crippen molar-refractivity contribution in [2.45, 2.75) is 26.0 Å². The molecule has 0 saturated carbocycles. The van der Waals surface area contributed by atoms with Crippen LogP contribution in [0.4, 0.5) is 4.79 Å². The van der Waals surface area contributed by atoms with Crippen molar-refractivity contribution in [1.82, 2.24) is 4.90 Å². The van der Waals surface area contributed by atoms with Gasteiger partial charge in [0.15, 0.2) is 0 Å². The van der Waals surface area contributed by atoms with Gasteiger partial charge in [-0.1, -0.05) is 84.1 Å². The highest BCUT2D eigenvalue weighted by atomic mass is 16.6. The maximum Gasteiger partial charge on any atom is 0.411 e. The zero-order chi connectivity index (χ0) is 20.1. The van der Waals surface area contributed by atoms with Crippen LogP contribution < -0.4 is 0 Å². The molecule has 0 saturated heterocycles. The van der Waals surface area contributed by atoms with Gasteiger partial charge in [-0.05, 0) is 42.2 Å². The van der Waals surface area contributed by atoms with E-state index in [-0.39, 0.29) is 18.7 Å². The lowest BCUT2D eigenvalue weighted by atomic mass is 9.93. The SMILES string of the molecule is Cc1ccc(C#C[C@H]2c3ccccc3CCN2C(=O)OCc2ccccc2)cc1. The molecule has 0 bridgehead atoms. The van der Waals surface area contributed by atoms with Crippen molar-refractivity contribution < 1.29 is 9.53 Å². The van der Waals surface area contributed by atoms with Gasteiger partial charge in [-0.15, -0.1) is 0 Å². The number of carbonyl (C=O) groups is 1. The van der Waals surface area contributed by atoms with E-state index in [1.54, 1.807) is 4.90 Å². The van der Waals surface area contributed by atoms with E-state index in [2.05, 4.69) is 30.9 Å². The highest BCUT2D eigenvalue weighted by molar-refractivity contribution is 5.70. The van der Waals surface area contributed by atoms with Crippen molar-refractivity contribution in [3.8, 4) is 11.8 Å². The second-order valence-corrected chi connectivity index (χ2v) is 7.22. The maximum absolute atomic E-state index is 12.9. The fourth-order valence-corrected chi connectivity index (χ4v) is 3.51. The van der Waals surface area contributed by atoms with E-state index in [9.17, 15) is 4.79 Å². The van der Waals surface area contributed by atoms with Crippen LogP contribution >= 0.6 is 0 Å². The summed E-state index contributed by atoms with van der Waals surface area (Å²) in [4.78, 5) is 14.6. The van der Waals surface area contributed by atoms with Gasteiger partial charge < -0.3 is 4.74 Å². The molecule has 3 nitrogen and oxygen atoms in total. The minimum Gasteiger partial charge on any atom is -0.445 e. The van der Waals surface area contributed by atoms with Crippen molar-refractivity contribution in [3.05, 3.63) is 107 Å². The predicted molar refractivity (Wildman–Crippen MR) is 114 cm³/mol. The van der Waals surface area contributed by atoms with Gasteiger partial charge in [-0.25, -0.2) is 4.79 Å². The molecule has 3 heteroatoms. The Labute approximate surface area is 171 Å². The van der Waals surface area contributed by atoms with Gasteiger partial charge in [0.05, 0.1) is 0 Å². The first kappa shape index (κ1) is 18.8. The summed E-state index contributed by atoms with van der Waals surface area (Å²) in [6, 6.07) is 25.7. The van der Waals surface area contributed by atoms with Gasteiger partial charge in [0, 0.05) is 12.1 Å². The molecule has 1 atom stereocenters. The molecule has 3 aromatic rings. The number of hydrogen-bond donors (Lipinski definition) is 0. The third kappa shape index (κ3) is 4.50. The van der Waals surface area contributed by atoms with Gasteiger partial charge in [0.2, 0.25) is 0 Å². The van der Waals surface area contributed by atoms with Crippen LogP contribution in [0.25, 0.3) is 0 Å². The zero-order valence-corrected chi connectivity index (χ0v) is 16.5. The third-order valence-corrected chi connectivity index (χ3v) is 5.13. The molecule has 4 rings (SSSR count). The maximum atomic E-state index is 12.9. The predicted octanol–water partition coefficient (Wildman–Crippen LogP) is 5.28. The summed E-state index contributed by atoms with van der Waals surface area (Å²) in [7, 11) is 0. The number of nitrogens with zero attached hydrogens (tertiary/aromatic N) is 1. The molecule has 3 aromatic carbocycles. The number of fused-ring (bicyclic) bond motifs is 1. The molecule has 0 aliphatic carbocycles. The summed E-state index contributed by atoms with van der Waals surface area (Å²) in [6.07, 6.45) is 0.478. The van der Waals surface area contributed by atoms with E-state index in [0.29, 0.717) is 6.54 Å². The Morgan fingerprint density at radius 3 is 2.52 bits per heavy atom. The monoisotopic (exact) mass is 381 g/mol. The van der Waals surface area contributed by atoms with Crippen molar-refractivity contribution in [2.75, 3.05) is 6.54 Å². The van der Waals surface area contributed by atoms with E-state index < -0.39 is 0 Å². The second-order valence-electron chi connectivity index (χ2n) is 7.22. The lowest BCUT2D eigenvalue weighted by Crippen LogP contribution is -2.39. The Hall–Kier alpha value is -3.51. The highest BCUT2D eigenvalue weighted by Gasteiger charge is 2.30. The average Bonchev–Trinajstić information content (AvgIpc) is 2.77. The van der Waals surface area contributed by atoms with Crippen molar-refractivity contribution in [1.29, 1.82) is 0 Å². The lowest BCUT2D eigenvalue weighted by Gasteiger charge is -2.33. The molecule has 1 heterocycles. The molecule has 0 fully saturated rings. The third-order valence-electron chi connectivity index (χ3n) is 5.13. The smallest absolute Gasteiger partial charge is 0.411 e. The van der Waals surface area contributed by atoms with Crippen LogP contribution in [0.15, 0.2) is 78.9 Å². The number of amides is 1. The van der Waals surface area contributed by atoms with Crippen LogP contribution in [0.1, 0.15) is 33.9 Å². The van der Waals surface area contributed by atoms with Gasteiger partial charge >= 0.3 is 6.09 Å². The van der Waals surface area contributed by atoms with Gasteiger partial charge in [-0.3, -0.25) is 4.90 Å². The molecule has 144 valence electrons. The second kappa shape index (κ2) is 8.67. The van der Waals surface area contributed by atoms with Gasteiger partial charge in [0.1, 0.15) is 12.6 Å². The van der Waals surface area contributed by atoms with E-state index in [4.69, 9.17) is 4.74 Å². The van der Waals surface area contributed by atoms with Crippen molar-refractivity contribution in [3.63, 3.8) is 0 Å². The lowest BCUT2D eigenvalue weighted by molar-refractivity contribution is 0.0862. The Morgan fingerprint density at radius 1 is 1.00 bits per heavy atom. The fraction of sp³-hybridized carbons (Fsp3) is 0.192. The van der Waals surface area contributed by atoms with E-state index in [0.717, 1.165) is 23.1 Å². The quantitative estimate of drug-likeness (QED) is 0.565. The minimum atomic E-state index is -0.327. The summed E-state index contributed by atoms with van der Waals surface area (Å²) < 4.78 is 5.60. The molecule has 0 unspecified atom stereocenters. The van der Waals surface area contributed by atoms with Gasteiger partial charge in [-0.2, -0.15) is 0 Å². The molecule has 0 spiro atoms. The van der Waals surface area contributed by atoms with Crippen LogP contribution in [0.2, 0.25) is 0 Å². The van der Waals surface area contributed by atoms with Gasteiger partial charge in [0.25, 0.3) is 0 Å². The normalized spacial score (nSPS) is 15.1. The first-order valence-electron chi connectivity index (χ1n) is 9.84. The molecule has 0 N–H and O–H groups in total. The molecular formula is C26H23NO2. The summed E-state index contributed by atoms with van der Waals surface area (Å²) in [5.74, 6) is 6.56. The summed E-state index contributed by atoms with van der Waals surface area (Å²) in [5, 5.41) is 0. The number of carbonyl (C=O) groups excluding carboxylic acids is 1. The van der Waals surface area contributed by atoms with Crippen molar-refractivity contribution in [2.24, 2.45) is 0 Å². The highest BCUT2D eigenvalue weighted by Crippen LogP contribution is 2.30. The zero-order valence-electron chi connectivity index (χ0n) is 16.5. The van der Waals surface area contributed by atoms with Crippen LogP contribution in [-0.4, -0.2) is 17.5 Å². The Bertz CT molecular complexity index is 1050. The average molecular weight is 381 g/mol. The first-order chi connectivity index (χ1) is 14.2. The number of ether oxygens (including phenoxy) is 1.